The number of hydrogen-bond acceptors (Lipinski definition) is 4. The van der Waals surface area contributed by atoms with Crippen LogP contribution in [-0.2, 0) is 18.1 Å². The SMILES string of the molecule is CCCCCC[Si](OC(=O)C(C)(CC)[Si](OC)OC)(C(C)C)C(C)C. The highest BCUT2D eigenvalue weighted by Gasteiger charge is 2.52. The van der Waals surface area contributed by atoms with Crippen LogP contribution in [-0.4, -0.2) is 37.8 Å². The molecule has 0 saturated carbocycles. The van der Waals surface area contributed by atoms with Gasteiger partial charge in [-0.15, -0.1) is 0 Å². The van der Waals surface area contributed by atoms with E-state index in [1.54, 1.807) is 14.2 Å². The van der Waals surface area contributed by atoms with Crippen LogP contribution < -0.4 is 0 Å². The van der Waals surface area contributed by atoms with Gasteiger partial charge in [0, 0.05) is 14.2 Å². The van der Waals surface area contributed by atoms with Crippen LogP contribution >= 0.6 is 0 Å². The van der Waals surface area contributed by atoms with Gasteiger partial charge in [0.15, 0.2) is 0 Å². The van der Waals surface area contributed by atoms with Crippen LogP contribution in [0.1, 0.15) is 80.6 Å². The van der Waals surface area contributed by atoms with Crippen molar-refractivity contribution in [2.75, 3.05) is 14.2 Å². The molecule has 0 bridgehead atoms. The molecule has 149 valence electrons. The van der Waals surface area contributed by atoms with E-state index in [1.165, 1.54) is 19.3 Å². The fourth-order valence-corrected chi connectivity index (χ4v) is 9.66. The fourth-order valence-electron chi connectivity index (χ4n) is 3.55. The minimum Gasteiger partial charge on any atom is -0.518 e. The Morgan fingerprint density at radius 1 is 1.00 bits per heavy atom. The summed E-state index contributed by atoms with van der Waals surface area (Å²) in [6.45, 7) is 15.1. The van der Waals surface area contributed by atoms with Gasteiger partial charge in [0.2, 0.25) is 0 Å². The summed E-state index contributed by atoms with van der Waals surface area (Å²) >= 11 is 0. The van der Waals surface area contributed by atoms with Crippen LogP contribution in [0, 0.1) is 0 Å². The Morgan fingerprint density at radius 2 is 1.52 bits per heavy atom. The van der Waals surface area contributed by atoms with Crippen LogP contribution in [0.2, 0.25) is 22.2 Å². The summed E-state index contributed by atoms with van der Waals surface area (Å²) in [5, 5.41) is -0.681. The molecule has 0 aliphatic heterocycles. The number of hydrogen-bond donors (Lipinski definition) is 0. The Bertz CT molecular complexity index is 376. The van der Waals surface area contributed by atoms with Gasteiger partial charge in [0.1, 0.15) is 5.04 Å². The van der Waals surface area contributed by atoms with Crippen molar-refractivity contribution >= 4 is 23.6 Å². The van der Waals surface area contributed by atoms with Crippen LogP contribution in [0.4, 0.5) is 0 Å². The fraction of sp³-hybridized carbons (Fsp3) is 0.947. The minimum atomic E-state index is -2.21. The molecule has 4 nitrogen and oxygen atoms in total. The zero-order chi connectivity index (χ0) is 19.7. The summed E-state index contributed by atoms with van der Waals surface area (Å²) in [7, 11) is -0.670. The highest BCUT2D eigenvalue weighted by Crippen LogP contribution is 2.43. The second-order valence-corrected chi connectivity index (χ2v) is 15.3. The second-order valence-electron chi connectivity index (χ2n) is 7.85. The quantitative estimate of drug-likeness (QED) is 0.294. The van der Waals surface area contributed by atoms with Crippen molar-refractivity contribution in [3.63, 3.8) is 0 Å². The van der Waals surface area contributed by atoms with E-state index >= 15 is 0 Å². The smallest absolute Gasteiger partial charge is 0.402 e. The average Bonchev–Trinajstić information content (AvgIpc) is 2.57. The molecule has 1 radical (unpaired) electrons. The summed E-state index contributed by atoms with van der Waals surface area (Å²) in [4.78, 5) is 13.2. The lowest BCUT2D eigenvalue weighted by Gasteiger charge is -2.41. The maximum atomic E-state index is 13.2. The van der Waals surface area contributed by atoms with E-state index in [4.69, 9.17) is 13.3 Å². The van der Waals surface area contributed by atoms with Gasteiger partial charge in [-0.05, 0) is 30.5 Å². The molecular weight excluding hydrogens is 348 g/mol. The van der Waals surface area contributed by atoms with E-state index < -0.39 is 22.6 Å². The van der Waals surface area contributed by atoms with Gasteiger partial charge < -0.3 is 13.3 Å². The molecule has 0 aromatic carbocycles. The normalized spacial score (nSPS) is 15.0. The highest BCUT2D eigenvalue weighted by molar-refractivity contribution is 6.78. The third kappa shape index (κ3) is 6.19. The summed E-state index contributed by atoms with van der Waals surface area (Å²) < 4.78 is 17.5. The molecule has 0 spiro atoms. The monoisotopic (exact) mass is 389 g/mol. The summed E-state index contributed by atoms with van der Waals surface area (Å²) in [6, 6.07) is 1.05. The molecule has 0 aromatic rings. The molecule has 0 aromatic heterocycles. The molecule has 6 heteroatoms. The van der Waals surface area contributed by atoms with Gasteiger partial charge in [-0.2, -0.15) is 0 Å². The first-order valence-electron chi connectivity index (χ1n) is 9.85. The van der Waals surface area contributed by atoms with Crippen LogP contribution in [0.3, 0.4) is 0 Å². The number of rotatable bonds is 13. The molecule has 0 heterocycles. The van der Waals surface area contributed by atoms with Gasteiger partial charge in [-0.25, -0.2) is 0 Å². The molecule has 0 amide bonds. The third-order valence-corrected chi connectivity index (χ3v) is 13.4. The molecule has 0 rings (SSSR count). The van der Waals surface area contributed by atoms with Crippen molar-refractivity contribution in [3.05, 3.63) is 0 Å². The minimum absolute atomic E-state index is 0.114. The van der Waals surface area contributed by atoms with Crippen molar-refractivity contribution in [1.29, 1.82) is 0 Å². The Hall–Kier alpha value is -0.176. The predicted molar refractivity (Wildman–Crippen MR) is 109 cm³/mol. The van der Waals surface area contributed by atoms with Crippen molar-refractivity contribution in [3.8, 4) is 0 Å². The van der Waals surface area contributed by atoms with E-state index in [0.717, 1.165) is 12.5 Å². The Morgan fingerprint density at radius 3 is 1.88 bits per heavy atom. The molecule has 0 aliphatic rings. The summed E-state index contributed by atoms with van der Waals surface area (Å²) in [5.74, 6) is -0.114. The first-order chi connectivity index (χ1) is 11.7. The van der Waals surface area contributed by atoms with Crippen LogP contribution in [0.15, 0.2) is 0 Å². The molecule has 25 heavy (non-hydrogen) atoms. The second kappa shape index (κ2) is 11.5. The largest absolute Gasteiger partial charge is 0.518 e. The molecule has 1 atom stereocenters. The molecule has 0 aliphatic carbocycles. The lowest BCUT2D eigenvalue weighted by molar-refractivity contribution is -0.139. The first kappa shape index (κ1) is 24.8. The van der Waals surface area contributed by atoms with Gasteiger partial charge >= 0.3 is 9.28 Å². The molecule has 0 saturated heterocycles. The zero-order valence-electron chi connectivity index (χ0n) is 18.0. The Balaban J connectivity index is 5.49. The average molecular weight is 390 g/mol. The van der Waals surface area contributed by atoms with Gasteiger partial charge in [0.05, 0.1) is 0 Å². The van der Waals surface area contributed by atoms with Gasteiger partial charge in [0.25, 0.3) is 14.3 Å². The van der Waals surface area contributed by atoms with Crippen LogP contribution in [0.5, 0.6) is 0 Å². The molecular formula is C19H41O4Si2. The molecule has 0 N–H and O–H groups in total. The summed E-state index contributed by atoms with van der Waals surface area (Å²) in [5.41, 5.74) is 0.805. The van der Waals surface area contributed by atoms with Gasteiger partial charge in [-0.3, -0.25) is 4.79 Å². The number of carbonyl (C=O) groups is 1. The number of unbranched alkanes of at least 4 members (excludes halogenated alkanes) is 3. The maximum absolute atomic E-state index is 13.2. The number of carbonyl (C=O) groups excluding carboxylic acids is 1. The molecule has 0 fully saturated rings. The topological polar surface area (TPSA) is 44.8 Å². The van der Waals surface area contributed by atoms with Crippen molar-refractivity contribution in [2.24, 2.45) is 0 Å². The van der Waals surface area contributed by atoms with E-state index in [1.807, 2.05) is 13.8 Å². The lowest BCUT2D eigenvalue weighted by Crippen LogP contribution is -2.51. The van der Waals surface area contributed by atoms with E-state index in [0.29, 0.717) is 17.5 Å². The highest BCUT2D eigenvalue weighted by atomic mass is 28.4. The van der Waals surface area contributed by atoms with Gasteiger partial charge in [-0.1, -0.05) is 67.2 Å². The third-order valence-electron chi connectivity index (χ3n) is 5.64. The predicted octanol–water partition coefficient (Wildman–Crippen LogP) is 5.83. The zero-order valence-corrected chi connectivity index (χ0v) is 20.0. The van der Waals surface area contributed by atoms with E-state index in [2.05, 4.69) is 34.6 Å². The Kier molecular flexibility index (Phi) is 11.4. The van der Waals surface area contributed by atoms with Crippen molar-refractivity contribution in [1.82, 2.24) is 0 Å². The first-order valence-corrected chi connectivity index (χ1v) is 13.4. The van der Waals surface area contributed by atoms with Crippen molar-refractivity contribution in [2.45, 2.75) is 103 Å². The van der Waals surface area contributed by atoms with E-state index in [9.17, 15) is 4.79 Å². The molecule has 1 unspecified atom stereocenters. The van der Waals surface area contributed by atoms with Crippen molar-refractivity contribution < 1.29 is 18.1 Å². The Labute approximate surface area is 159 Å². The standard InChI is InChI=1S/C19H41O4Si2/c1-10-12-13-14-15-25(16(3)4,17(5)6)23-18(20)19(7,11-2)24(21-8)22-9/h16-17H,10-15H2,1-9H3. The summed E-state index contributed by atoms with van der Waals surface area (Å²) in [6.07, 6.45) is 5.51. The maximum Gasteiger partial charge on any atom is 0.402 e. The van der Waals surface area contributed by atoms with E-state index in [-0.39, 0.29) is 5.97 Å². The lowest BCUT2D eigenvalue weighted by atomic mass is 10.1. The van der Waals surface area contributed by atoms with Crippen LogP contribution in [0.25, 0.3) is 0 Å².